The Bertz CT molecular complexity index is 807. The van der Waals surface area contributed by atoms with Crippen molar-refractivity contribution in [2.75, 3.05) is 38.2 Å². The van der Waals surface area contributed by atoms with Gasteiger partial charge >= 0.3 is 0 Å². The topological polar surface area (TPSA) is 67.9 Å². The second-order valence-electron chi connectivity index (χ2n) is 6.45. The van der Waals surface area contributed by atoms with E-state index in [9.17, 15) is 9.59 Å². The zero-order chi connectivity index (χ0) is 19.8. The SMILES string of the molecule is O=C(COCCOc1ccccc1)Nc1cc(Cl)ccc1C(=O)N1CCCC1. The average molecular weight is 403 g/mol. The summed E-state index contributed by atoms with van der Waals surface area (Å²) in [6.45, 7) is 1.95. The number of benzene rings is 2. The van der Waals surface area contributed by atoms with Crippen LogP contribution in [0.3, 0.4) is 0 Å². The van der Waals surface area contributed by atoms with E-state index in [-0.39, 0.29) is 25.0 Å². The van der Waals surface area contributed by atoms with E-state index in [1.54, 1.807) is 23.1 Å². The lowest BCUT2D eigenvalue weighted by Crippen LogP contribution is -2.29. The molecule has 1 aliphatic rings. The number of nitrogens with one attached hydrogen (secondary N) is 1. The summed E-state index contributed by atoms with van der Waals surface area (Å²) in [7, 11) is 0. The molecule has 7 heteroatoms. The molecule has 28 heavy (non-hydrogen) atoms. The molecule has 0 spiro atoms. The number of hydrogen-bond acceptors (Lipinski definition) is 4. The van der Waals surface area contributed by atoms with Crippen molar-refractivity contribution in [1.82, 2.24) is 4.90 Å². The molecule has 2 aromatic carbocycles. The molecule has 0 radical (unpaired) electrons. The second kappa shape index (κ2) is 10.1. The predicted molar refractivity (Wildman–Crippen MR) is 108 cm³/mol. The highest BCUT2D eigenvalue weighted by atomic mass is 35.5. The number of halogens is 1. The molecule has 1 fully saturated rings. The van der Waals surface area contributed by atoms with E-state index in [4.69, 9.17) is 21.1 Å². The fraction of sp³-hybridized carbons (Fsp3) is 0.333. The van der Waals surface area contributed by atoms with Crippen LogP contribution in [0.5, 0.6) is 5.75 Å². The molecule has 0 aliphatic carbocycles. The third kappa shape index (κ3) is 5.71. The van der Waals surface area contributed by atoms with Crippen LogP contribution in [0.2, 0.25) is 5.02 Å². The molecule has 1 heterocycles. The summed E-state index contributed by atoms with van der Waals surface area (Å²) < 4.78 is 10.9. The van der Waals surface area contributed by atoms with Crippen molar-refractivity contribution in [3.8, 4) is 5.75 Å². The molecule has 0 unspecified atom stereocenters. The third-order valence-electron chi connectivity index (χ3n) is 4.35. The fourth-order valence-electron chi connectivity index (χ4n) is 2.98. The fourth-order valence-corrected chi connectivity index (χ4v) is 3.16. The molecule has 148 valence electrons. The maximum Gasteiger partial charge on any atom is 0.255 e. The van der Waals surface area contributed by atoms with Gasteiger partial charge in [0.25, 0.3) is 5.91 Å². The van der Waals surface area contributed by atoms with Crippen molar-refractivity contribution in [1.29, 1.82) is 0 Å². The zero-order valence-corrected chi connectivity index (χ0v) is 16.3. The van der Waals surface area contributed by atoms with E-state index in [2.05, 4.69) is 5.32 Å². The molecular formula is C21H23ClN2O4. The van der Waals surface area contributed by atoms with Crippen molar-refractivity contribution < 1.29 is 19.1 Å². The Morgan fingerprint density at radius 3 is 2.54 bits per heavy atom. The van der Waals surface area contributed by atoms with Crippen LogP contribution in [0.25, 0.3) is 0 Å². The smallest absolute Gasteiger partial charge is 0.255 e. The van der Waals surface area contributed by atoms with Crippen molar-refractivity contribution in [3.63, 3.8) is 0 Å². The van der Waals surface area contributed by atoms with E-state index in [1.807, 2.05) is 30.3 Å². The zero-order valence-electron chi connectivity index (χ0n) is 15.5. The lowest BCUT2D eigenvalue weighted by Gasteiger charge is -2.18. The number of para-hydroxylation sites is 1. The van der Waals surface area contributed by atoms with Crippen molar-refractivity contribution >= 4 is 29.1 Å². The van der Waals surface area contributed by atoms with E-state index < -0.39 is 0 Å². The highest BCUT2D eigenvalue weighted by Gasteiger charge is 2.22. The standard InChI is InChI=1S/C21H23ClN2O4/c22-16-8-9-18(21(26)24-10-4-5-11-24)19(14-16)23-20(25)15-27-12-13-28-17-6-2-1-3-7-17/h1-3,6-9,14H,4-5,10-13,15H2,(H,23,25). The number of anilines is 1. The van der Waals surface area contributed by atoms with E-state index in [1.165, 1.54) is 0 Å². The number of rotatable bonds is 8. The van der Waals surface area contributed by atoms with Crippen LogP contribution in [-0.4, -0.2) is 49.6 Å². The summed E-state index contributed by atoms with van der Waals surface area (Å²) in [5.41, 5.74) is 0.839. The monoisotopic (exact) mass is 402 g/mol. The minimum Gasteiger partial charge on any atom is -0.491 e. The largest absolute Gasteiger partial charge is 0.491 e. The first-order valence-corrected chi connectivity index (χ1v) is 9.65. The third-order valence-corrected chi connectivity index (χ3v) is 4.59. The van der Waals surface area contributed by atoms with Crippen molar-refractivity contribution in [2.24, 2.45) is 0 Å². The van der Waals surface area contributed by atoms with Crippen molar-refractivity contribution in [3.05, 3.63) is 59.1 Å². The van der Waals surface area contributed by atoms with Gasteiger partial charge in [0.15, 0.2) is 0 Å². The molecule has 0 bridgehead atoms. The van der Waals surface area contributed by atoms with Gasteiger partial charge in [-0.15, -0.1) is 0 Å². The van der Waals surface area contributed by atoms with Gasteiger partial charge in [-0.25, -0.2) is 0 Å². The normalized spacial score (nSPS) is 13.4. The first kappa shape index (κ1) is 20.2. The van der Waals surface area contributed by atoms with Crippen LogP contribution < -0.4 is 10.1 Å². The number of ether oxygens (including phenoxy) is 2. The minimum absolute atomic E-state index is 0.0957. The van der Waals surface area contributed by atoms with Gasteiger partial charge in [-0.3, -0.25) is 9.59 Å². The lowest BCUT2D eigenvalue weighted by molar-refractivity contribution is -0.120. The highest BCUT2D eigenvalue weighted by Crippen LogP contribution is 2.24. The molecule has 2 amide bonds. The summed E-state index contributed by atoms with van der Waals surface area (Å²) in [5.74, 6) is 0.304. The molecule has 1 aliphatic heterocycles. The summed E-state index contributed by atoms with van der Waals surface area (Å²) in [6, 6.07) is 14.3. The van der Waals surface area contributed by atoms with E-state index >= 15 is 0 Å². The van der Waals surface area contributed by atoms with Crippen LogP contribution in [-0.2, 0) is 9.53 Å². The number of likely N-dealkylation sites (tertiary alicyclic amines) is 1. The number of carbonyl (C=O) groups excluding carboxylic acids is 2. The molecule has 1 saturated heterocycles. The van der Waals surface area contributed by atoms with Crippen LogP contribution in [0, 0.1) is 0 Å². The number of carbonyl (C=O) groups is 2. The first-order valence-electron chi connectivity index (χ1n) is 9.28. The molecular weight excluding hydrogens is 380 g/mol. The summed E-state index contributed by atoms with van der Waals surface area (Å²) in [5, 5.41) is 3.18. The van der Waals surface area contributed by atoms with Crippen LogP contribution in [0.1, 0.15) is 23.2 Å². The summed E-state index contributed by atoms with van der Waals surface area (Å²) in [6.07, 6.45) is 2.00. The van der Waals surface area contributed by atoms with Crippen LogP contribution in [0.15, 0.2) is 48.5 Å². The average Bonchev–Trinajstić information content (AvgIpc) is 3.23. The van der Waals surface area contributed by atoms with E-state index in [0.717, 1.165) is 31.7 Å². The van der Waals surface area contributed by atoms with Crippen LogP contribution in [0.4, 0.5) is 5.69 Å². The first-order chi connectivity index (χ1) is 13.6. The quantitative estimate of drug-likeness (QED) is 0.685. The number of hydrogen-bond donors (Lipinski definition) is 1. The molecule has 0 saturated carbocycles. The molecule has 3 rings (SSSR count). The van der Waals surface area contributed by atoms with Gasteiger partial charge in [-0.2, -0.15) is 0 Å². The number of amides is 2. The Kier molecular flexibility index (Phi) is 7.28. The van der Waals surface area contributed by atoms with Gasteiger partial charge in [0.2, 0.25) is 5.91 Å². The number of nitrogens with zero attached hydrogens (tertiary/aromatic N) is 1. The Hall–Kier alpha value is -2.57. The molecule has 1 N–H and O–H groups in total. The summed E-state index contributed by atoms with van der Waals surface area (Å²) in [4.78, 5) is 26.7. The highest BCUT2D eigenvalue weighted by molar-refractivity contribution is 6.31. The Labute approximate surface area is 169 Å². The maximum absolute atomic E-state index is 12.7. The molecule has 0 aromatic heterocycles. The van der Waals surface area contributed by atoms with Gasteiger partial charge in [0.05, 0.1) is 17.9 Å². The minimum atomic E-state index is -0.350. The Balaban J connectivity index is 1.49. The summed E-state index contributed by atoms with van der Waals surface area (Å²) >= 11 is 6.04. The Morgan fingerprint density at radius 2 is 1.79 bits per heavy atom. The van der Waals surface area contributed by atoms with Gasteiger partial charge < -0.3 is 19.7 Å². The van der Waals surface area contributed by atoms with Gasteiger partial charge in [-0.05, 0) is 43.2 Å². The Morgan fingerprint density at radius 1 is 1.04 bits per heavy atom. The van der Waals surface area contributed by atoms with Gasteiger partial charge in [0.1, 0.15) is 19.0 Å². The lowest BCUT2D eigenvalue weighted by atomic mass is 10.1. The van der Waals surface area contributed by atoms with E-state index in [0.29, 0.717) is 22.9 Å². The predicted octanol–water partition coefficient (Wildman–Crippen LogP) is 3.61. The van der Waals surface area contributed by atoms with Gasteiger partial charge in [0, 0.05) is 18.1 Å². The second-order valence-corrected chi connectivity index (χ2v) is 6.89. The molecule has 0 atom stereocenters. The molecule has 2 aromatic rings. The van der Waals surface area contributed by atoms with Crippen LogP contribution >= 0.6 is 11.6 Å². The van der Waals surface area contributed by atoms with Crippen molar-refractivity contribution in [2.45, 2.75) is 12.8 Å². The maximum atomic E-state index is 12.7. The molecule has 6 nitrogen and oxygen atoms in total. The van der Waals surface area contributed by atoms with Gasteiger partial charge in [-0.1, -0.05) is 29.8 Å².